The van der Waals surface area contributed by atoms with Crippen molar-refractivity contribution in [1.29, 1.82) is 0 Å². The number of aliphatic hydroxyl groups excluding tert-OH is 2. The fourth-order valence-corrected chi connectivity index (χ4v) is 9.75. The highest BCUT2D eigenvalue weighted by Gasteiger charge is 2.65. The maximum absolute atomic E-state index is 14.9. The predicted octanol–water partition coefficient (Wildman–Crippen LogP) is 9.18. The molecule has 0 radical (unpaired) electrons. The summed E-state index contributed by atoms with van der Waals surface area (Å²) < 4.78 is 27.2. The summed E-state index contributed by atoms with van der Waals surface area (Å²) in [5, 5.41) is 27.0. The molecular weight excluding hydrogens is 783 g/mol. The van der Waals surface area contributed by atoms with Gasteiger partial charge in [-0.05, 0) is 105 Å². The van der Waals surface area contributed by atoms with Crippen molar-refractivity contribution in [1.82, 2.24) is 9.80 Å². The molecule has 2 N–H and O–H groups in total. The number of hydrogen-bond acceptors (Lipinski definition) is 10. The van der Waals surface area contributed by atoms with E-state index in [4.69, 9.17) is 28.9 Å². The third-order valence-corrected chi connectivity index (χ3v) is 12.7. The summed E-state index contributed by atoms with van der Waals surface area (Å²) >= 11 is 0. The first-order chi connectivity index (χ1) is 30.1. The molecule has 2 heterocycles. The molecule has 0 spiro atoms. The zero-order chi connectivity index (χ0) is 43.7. The number of oxime groups is 1. The maximum Gasteiger partial charge on any atom is 0.410 e. The van der Waals surface area contributed by atoms with E-state index in [1.54, 1.807) is 17.1 Å². The highest BCUT2D eigenvalue weighted by atomic mass is 16.7. The monoisotopic (exact) mass is 849 g/mol. The van der Waals surface area contributed by atoms with Crippen LogP contribution in [0.4, 0.5) is 4.79 Å². The first-order valence-electron chi connectivity index (χ1n) is 22.7. The fourth-order valence-electron chi connectivity index (χ4n) is 9.75. The summed E-state index contributed by atoms with van der Waals surface area (Å²) in [7, 11) is 0. The molecule has 3 aromatic rings. The Balaban J connectivity index is 1.45. The van der Waals surface area contributed by atoms with E-state index in [-0.39, 0.29) is 57.1 Å². The lowest BCUT2D eigenvalue weighted by molar-refractivity contribution is -0.256. The Kier molecular flexibility index (Phi) is 15.1. The number of hydrogen-bond donors (Lipinski definition) is 2. The van der Waals surface area contributed by atoms with Gasteiger partial charge in [-0.1, -0.05) is 78.7 Å². The van der Waals surface area contributed by atoms with Crippen LogP contribution < -0.4 is 9.47 Å². The number of ether oxygens (including phenoxy) is 4. The van der Waals surface area contributed by atoms with E-state index in [9.17, 15) is 15.0 Å². The number of nitrogens with zero attached hydrogens (tertiary/aromatic N) is 3. The number of carbonyl (C=O) groups is 1. The van der Waals surface area contributed by atoms with Gasteiger partial charge in [-0.2, -0.15) is 0 Å². The van der Waals surface area contributed by atoms with Crippen LogP contribution in [-0.4, -0.2) is 102 Å². The van der Waals surface area contributed by atoms with E-state index >= 15 is 0 Å². The van der Waals surface area contributed by atoms with Gasteiger partial charge in [0.1, 0.15) is 29.7 Å². The number of carbonyl (C=O) groups excluding carboxylic acids is 1. The normalized spacial score (nSPS) is 24.6. The van der Waals surface area contributed by atoms with Gasteiger partial charge in [-0.3, -0.25) is 9.80 Å². The van der Waals surface area contributed by atoms with Crippen LogP contribution in [-0.2, 0) is 20.9 Å². The summed E-state index contributed by atoms with van der Waals surface area (Å²) in [5.74, 6) is -0.393. The number of amides is 1. The Labute approximate surface area is 368 Å². The van der Waals surface area contributed by atoms with Crippen LogP contribution in [0.1, 0.15) is 89.2 Å². The standard InChI is InChI=1S/C51H67N3O8/c1-6-8-30-59-49(57)54(35-38-19-15-18-36-16-9-10-20-40(36)38)46-34-44(52-62-50(3,4)5)42-32-37(17-11-13-27-55)41(21-12-14-28-56)47-43-33-39(58-31-26-53-24-25-53)22-23-45(43)61-51(46,48(42)47)60-29-7-2/h6-7,9-10,15-16,18-20,22-23,32-33,37,41,46-48,55-56H,1-2,8,11-14,17,21,24-31,34-35H2,3-5H3. The highest BCUT2D eigenvalue weighted by Crippen LogP contribution is 2.62. The summed E-state index contributed by atoms with van der Waals surface area (Å²) in [6, 6.07) is 19.7. The summed E-state index contributed by atoms with van der Waals surface area (Å²) in [4.78, 5) is 25.3. The highest BCUT2D eigenvalue weighted by molar-refractivity contribution is 6.03. The number of benzene rings is 3. The van der Waals surface area contributed by atoms with Crippen molar-refractivity contribution in [2.75, 3.05) is 52.7 Å². The van der Waals surface area contributed by atoms with Crippen molar-refractivity contribution in [3.63, 3.8) is 0 Å². The van der Waals surface area contributed by atoms with Crippen molar-refractivity contribution in [2.24, 2.45) is 22.9 Å². The lowest BCUT2D eigenvalue weighted by Crippen LogP contribution is -2.70. The van der Waals surface area contributed by atoms with E-state index in [0.29, 0.717) is 31.6 Å². The number of unbranched alkanes of at least 4 members (excludes halogenated alkanes) is 2. The van der Waals surface area contributed by atoms with Crippen LogP contribution in [0.2, 0.25) is 0 Å². The van der Waals surface area contributed by atoms with Crippen LogP contribution in [0.25, 0.3) is 10.8 Å². The van der Waals surface area contributed by atoms with Gasteiger partial charge in [0.15, 0.2) is 0 Å². The number of fused-ring (bicyclic) bond motifs is 3. The Morgan fingerprint density at radius 3 is 2.50 bits per heavy atom. The van der Waals surface area contributed by atoms with Crippen molar-refractivity contribution in [3.8, 4) is 11.5 Å². The molecule has 62 heavy (non-hydrogen) atoms. The largest absolute Gasteiger partial charge is 0.492 e. The topological polar surface area (TPSA) is 122 Å². The summed E-state index contributed by atoms with van der Waals surface area (Å²) in [5.41, 5.74) is 3.10. The van der Waals surface area contributed by atoms with Crippen LogP contribution in [0.3, 0.4) is 0 Å². The van der Waals surface area contributed by atoms with Crippen molar-refractivity contribution < 1.29 is 38.8 Å². The van der Waals surface area contributed by atoms with Crippen molar-refractivity contribution in [2.45, 2.75) is 102 Å². The van der Waals surface area contributed by atoms with E-state index in [0.717, 1.165) is 84.3 Å². The van der Waals surface area contributed by atoms with Crippen LogP contribution >= 0.6 is 0 Å². The van der Waals surface area contributed by atoms with E-state index in [1.807, 2.05) is 51.1 Å². The Morgan fingerprint density at radius 1 is 0.984 bits per heavy atom. The Bertz CT molecular complexity index is 2070. The Hall–Kier alpha value is -4.68. The number of allylic oxidation sites excluding steroid dienone is 1. The first-order valence-corrected chi connectivity index (χ1v) is 22.7. The molecule has 6 unspecified atom stereocenters. The minimum Gasteiger partial charge on any atom is -0.492 e. The fraction of sp³-hybridized carbons (Fsp3) is 0.529. The van der Waals surface area contributed by atoms with Gasteiger partial charge >= 0.3 is 6.09 Å². The van der Waals surface area contributed by atoms with E-state index in [2.05, 4.69) is 54.5 Å². The molecule has 334 valence electrons. The van der Waals surface area contributed by atoms with Gasteiger partial charge < -0.3 is 34.0 Å². The molecule has 11 nitrogen and oxygen atoms in total. The SMILES string of the molecule is C=CCCOC(=O)N(Cc1cccc2ccccc12)C1CC(=NOC(C)(C)C)C2=CC(CCCCO)C(CCCCO)C3c4cc(OCCN5CC5)ccc4OC1(OCC=C)C23. The average molecular weight is 850 g/mol. The second-order valence-electron chi connectivity index (χ2n) is 18.1. The lowest BCUT2D eigenvalue weighted by Gasteiger charge is -2.60. The molecule has 4 aliphatic rings. The molecule has 2 aliphatic heterocycles. The quantitative estimate of drug-likeness (QED) is 0.0441. The van der Waals surface area contributed by atoms with Gasteiger partial charge in [0.25, 0.3) is 0 Å². The lowest BCUT2D eigenvalue weighted by atomic mass is 9.55. The Morgan fingerprint density at radius 2 is 1.76 bits per heavy atom. The molecule has 0 bridgehead atoms. The van der Waals surface area contributed by atoms with Crippen LogP contribution in [0.15, 0.2) is 103 Å². The van der Waals surface area contributed by atoms with Gasteiger partial charge in [0.2, 0.25) is 5.79 Å². The molecule has 11 heteroatoms. The average Bonchev–Trinajstić information content (AvgIpc) is 4.10. The van der Waals surface area contributed by atoms with Crippen LogP contribution in [0, 0.1) is 17.8 Å². The zero-order valence-corrected chi connectivity index (χ0v) is 37.0. The summed E-state index contributed by atoms with van der Waals surface area (Å²) in [6.45, 7) is 18.3. The molecule has 1 saturated heterocycles. The number of aliphatic hydroxyl groups is 2. The van der Waals surface area contributed by atoms with Gasteiger partial charge in [0, 0.05) is 50.8 Å². The van der Waals surface area contributed by atoms with Crippen molar-refractivity contribution >= 4 is 22.6 Å². The maximum atomic E-state index is 14.9. The minimum atomic E-state index is -1.42. The van der Waals surface area contributed by atoms with E-state index < -0.39 is 29.4 Å². The van der Waals surface area contributed by atoms with Crippen molar-refractivity contribution in [3.05, 3.63) is 109 Å². The minimum absolute atomic E-state index is 0.0887. The second-order valence-corrected chi connectivity index (χ2v) is 18.1. The molecule has 2 fully saturated rings. The molecule has 7 rings (SSSR count). The van der Waals surface area contributed by atoms with Gasteiger partial charge in [-0.15, -0.1) is 13.2 Å². The molecule has 6 atom stereocenters. The van der Waals surface area contributed by atoms with E-state index in [1.165, 1.54) is 0 Å². The second kappa shape index (κ2) is 20.7. The smallest absolute Gasteiger partial charge is 0.410 e. The molecule has 0 aromatic heterocycles. The van der Waals surface area contributed by atoms with Gasteiger partial charge in [-0.25, -0.2) is 4.79 Å². The summed E-state index contributed by atoms with van der Waals surface area (Å²) in [6.07, 6.45) is 10.9. The third-order valence-electron chi connectivity index (χ3n) is 12.7. The molecule has 3 aromatic carbocycles. The van der Waals surface area contributed by atoms with Gasteiger partial charge in [0.05, 0.1) is 31.4 Å². The zero-order valence-electron chi connectivity index (χ0n) is 37.0. The third kappa shape index (κ3) is 10.4. The predicted molar refractivity (Wildman–Crippen MR) is 243 cm³/mol. The molecule has 1 amide bonds. The van der Waals surface area contributed by atoms with Crippen LogP contribution in [0.5, 0.6) is 11.5 Å². The first kappa shape index (κ1) is 45.3. The molecular formula is C51H67N3O8. The number of rotatable bonds is 22. The molecule has 1 saturated carbocycles. The molecule has 2 aliphatic carbocycles.